The minimum atomic E-state index is -0.282. The Balaban J connectivity index is 1.54. The summed E-state index contributed by atoms with van der Waals surface area (Å²) in [5.74, 6) is 0.464. The fraction of sp³-hybridized carbons (Fsp3) is 0.0435. The van der Waals surface area contributed by atoms with Crippen LogP contribution in [0.1, 0.15) is 21.5 Å². The molecule has 0 aromatic heterocycles. The summed E-state index contributed by atoms with van der Waals surface area (Å²) in [5.41, 5.74) is 3.45. The molecule has 0 saturated carbocycles. The third-order valence-corrected chi connectivity index (χ3v) is 4.32. The van der Waals surface area contributed by atoms with Gasteiger partial charge in [0, 0.05) is 11.8 Å². The molecule has 1 heterocycles. The van der Waals surface area contributed by atoms with Crippen LogP contribution in [-0.4, -0.2) is 11.8 Å². The Morgan fingerprint density at radius 2 is 1.79 bits per heavy atom. The summed E-state index contributed by atoms with van der Waals surface area (Å²) in [6, 6.07) is 20.1. The van der Waals surface area contributed by atoms with Gasteiger partial charge in [-0.15, -0.1) is 0 Å². The number of fused-ring (bicyclic) bond motifs is 2. The molecule has 3 aromatic rings. The standard InChI is InChI=1S/C23H18N2O3/c1-15-7-10-21-19(13-15)25-23(27)18-14-17(9-11-20(18)28-21)24-22(26)12-8-16-5-3-2-4-6-16/h2-14H,1H3,(H,24,26)(H,25,27)/b12-8+. The number of anilines is 2. The summed E-state index contributed by atoms with van der Waals surface area (Å²) in [5, 5.41) is 5.63. The first kappa shape index (κ1) is 17.5. The second-order valence-electron chi connectivity index (χ2n) is 6.50. The van der Waals surface area contributed by atoms with E-state index in [1.54, 1.807) is 24.3 Å². The predicted molar refractivity (Wildman–Crippen MR) is 110 cm³/mol. The minimum Gasteiger partial charge on any atom is -0.454 e. The molecule has 0 atom stereocenters. The molecule has 0 bridgehead atoms. The fourth-order valence-corrected chi connectivity index (χ4v) is 2.93. The van der Waals surface area contributed by atoms with E-state index < -0.39 is 0 Å². The van der Waals surface area contributed by atoms with E-state index >= 15 is 0 Å². The van der Waals surface area contributed by atoms with Crippen LogP contribution in [0.2, 0.25) is 0 Å². The largest absolute Gasteiger partial charge is 0.454 e. The van der Waals surface area contributed by atoms with Gasteiger partial charge in [-0.25, -0.2) is 0 Å². The molecule has 0 radical (unpaired) electrons. The van der Waals surface area contributed by atoms with Crippen molar-refractivity contribution in [3.63, 3.8) is 0 Å². The van der Waals surface area contributed by atoms with Gasteiger partial charge in [0.05, 0.1) is 11.3 Å². The van der Waals surface area contributed by atoms with Crippen LogP contribution in [0.5, 0.6) is 11.5 Å². The van der Waals surface area contributed by atoms with E-state index in [9.17, 15) is 9.59 Å². The molecule has 4 rings (SSSR count). The number of hydrogen-bond donors (Lipinski definition) is 2. The van der Waals surface area contributed by atoms with Crippen LogP contribution in [0.3, 0.4) is 0 Å². The molecule has 138 valence electrons. The topological polar surface area (TPSA) is 67.4 Å². The van der Waals surface area contributed by atoms with E-state index in [0.717, 1.165) is 11.1 Å². The van der Waals surface area contributed by atoms with Crippen molar-refractivity contribution in [2.75, 3.05) is 10.6 Å². The van der Waals surface area contributed by atoms with Crippen LogP contribution in [-0.2, 0) is 4.79 Å². The highest BCUT2D eigenvalue weighted by atomic mass is 16.5. The van der Waals surface area contributed by atoms with Crippen molar-refractivity contribution in [1.29, 1.82) is 0 Å². The number of amides is 2. The Hall–Kier alpha value is -3.86. The lowest BCUT2D eigenvalue weighted by Gasteiger charge is -2.09. The summed E-state index contributed by atoms with van der Waals surface area (Å²) < 4.78 is 5.88. The maximum Gasteiger partial charge on any atom is 0.259 e. The first-order chi connectivity index (χ1) is 13.6. The van der Waals surface area contributed by atoms with Crippen LogP contribution < -0.4 is 15.4 Å². The molecule has 1 aliphatic heterocycles. The first-order valence-corrected chi connectivity index (χ1v) is 8.86. The van der Waals surface area contributed by atoms with E-state index in [2.05, 4.69) is 10.6 Å². The zero-order valence-corrected chi connectivity index (χ0v) is 15.2. The number of benzene rings is 3. The van der Waals surface area contributed by atoms with Crippen molar-refractivity contribution in [1.82, 2.24) is 0 Å². The lowest BCUT2D eigenvalue weighted by Crippen LogP contribution is -2.12. The van der Waals surface area contributed by atoms with Crippen LogP contribution >= 0.6 is 0 Å². The molecule has 5 nitrogen and oxygen atoms in total. The zero-order chi connectivity index (χ0) is 19.5. The minimum absolute atomic E-state index is 0.280. The molecule has 0 aliphatic carbocycles. The van der Waals surface area contributed by atoms with E-state index in [1.165, 1.54) is 6.08 Å². The lowest BCUT2D eigenvalue weighted by molar-refractivity contribution is -0.111. The summed E-state index contributed by atoms with van der Waals surface area (Å²) >= 11 is 0. The molecule has 0 fully saturated rings. The van der Waals surface area contributed by atoms with E-state index in [0.29, 0.717) is 28.4 Å². The van der Waals surface area contributed by atoms with Crippen molar-refractivity contribution in [2.45, 2.75) is 6.92 Å². The monoisotopic (exact) mass is 370 g/mol. The summed E-state index contributed by atoms with van der Waals surface area (Å²) in [7, 11) is 0. The SMILES string of the molecule is Cc1ccc2c(c1)NC(=O)c1cc(NC(=O)/C=C/c3ccccc3)ccc1O2. The van der Waals surface area contributed by atoms with Crippen LogP contribution in [0.4, 0.5) is 11.4 Å². The molecular weight excluding hydrogens is 352 g/mol. The number of aryl methyl sites for hydroxylation is 1. The average Bonchev–Trinajstić information content (AvgIpc) is 2.83. The first-order valence-electron chi connectivity index (χ1n) is 8.86. The van der Waals surface area contributed by atoms with Crippen molar-refractivity contribution >= 4 is 29.3 Å². The smallest absolute Gasteiger partial charge is 0.259 e. The van der Waals surface area contributed by atoms with Crippen molar-refractivity contribution in [3.8, 4) is 11.5 Å². The second kappa shape index (κ2) is 7.40. The Bertz CT molecular complexity index is 1090. The van der Waals surface area contributed by atoms with Gasteiger partial charge < -0.3 is 15.4 Å². The Morgan fingerprint density at radius 3 is 2.61 bits per heavy atom. The number of carbonyl (C=O) groups is 2. The predicted octanol–water partition coefficient (Wildman–Crippen LogP) is 5.00. The summed E-state index contributed by atoms with van der Waals surface area (Å²) in [6.45, 7) is 1.95. The number of ether oxygens (including phenoxy) is 1. The Kier molecular flexibility index (Phi) is 4.64. The average molecular weight is 370 g/mol. The highest BCUT2D eigenvalue weighted by molar-refractivity contribution is 6.09. The van der Waals surface area contributed by atoms with Gasteiger partial charge in [-0.2, -0.15) is 0 Å². The van der Waals surface area contributed by atoms with Crippen LogP contribution in [0, 0.1) is 6.92 Å². The Labute approximate surface area is 162 Å². The number of nitrogens with one attached hydrogen (secondary N) is 2. The van der Waals surface area contributed by atoms with Gasteiger partial charge in [-0.05, 0) is 54.5 Å². The molecule has 0 saturated heterocycles. The van der Waals surface area contributed by atoms with Gasteiger partial charge in [0.1, 0.15) is 5.75 Å². The maximum atomic E-state index is 12.6. The maximum absolute atomic E-state index is 12.6. The second-order valence-corrected chi connectivity index (χ2v) is 6.50. The van der Waals surface area contributed by atoms with Crippen LogP contribution in [0.25, 0.3) is 6.08 Å². The number of carbonyl (C=O) groups excluding carboxylic acids is 2. The van der Waals surface area contributed by atoms with Crippen molar-refractivity contribution in [3.05, 3.63) is 89.5 Å². The van der Waals surface area contributed by atoms with E-state index in [-0.39, 0.29) is 11.8 Å². The molecule has 1 aliphatic rings. The van der Waals surface area contributed by atoms with Crippen LogP contribution in [0.15, 0.2) is 72.8 Å². The van der Waals surface area contributed by atoms with E-state index in [1.807, 2.05) is 55.5 Å². The number of hydrogen-bond acceptors (Lipinski definition) is 3. The third-order valence-electron chi connectivity index (χ3n) is 4.32. The molecular formula is C23H18N2O3. The van der Waals surface area contributed by atoms with E-state index in [4.69, 9.17) is 4.74 Å². The summed E-state index contributed by atoms with van der Waals surface area (Å²) in [6.07, 6.45) is 3.18. The van der Waals surface area contributed by atoms with Gasteiger partial charge in [0.25, 0.3) is 5.91 Å². The molecule has 28 heavy (non-hydrogen) atoms. The Morgan fingerprint density at radius 1 is 1.00 bits per heavy atom. The quantitative estimate of drug-likeness (QED) is 0.637. The highest BCUT2D eigenvalue weighted by Crippen LogP contribution is 2.37. The van der Waals surface area contributed by atoms with Gasteiger partial charge in [-0.3, -0.25) is 9.59 Å². The molecule has 2 N–H and O–H groups in total. The van der Waals surface area contributed by atoms with Gasteiger partial charge in [-0.1, -0.05) is 36.4 Å². The summed E-state index contributed by atoms with van der Waals surface area (Å²) in [4.78, 5) is 24.8. The van der Waals surface area contributed by atoms with Crippen molar-refractivity contribution < 1.29 is 14.3 Å². The van der Waals surface area contributed by atoms with Crippen molar-refractivity contribution in [2.24, 2.45) is 0 Å². The molecule has 0 unspecified atom stereocenters. The lowest BCUT2D eigenvalue weighted by atomic mass is 10.1. The zero-order valence-electron chi connectivity index (χ0n) is 15.2. The highest BCUT2D eigenvalue weighted by Gasteiger charge is 2.21. The molecule has 2 amide bonds. The number of rotatable bonds is 3. The molecule has 5 heteroatoms. The molecule has 3 aromatic carbocycles. The normalized spacial score (nSPS) is 12.4. The third kappa shape index (κ3) is 3.78. The fourth-order valence-electron chi connectivity index (χ4n) is 2.93. The van der Waals surface area contributed by atoms with Gasteiger partial charge in [0.2, 0.25) is 5.91 Å². The van der Waals surface area contributed by atoms with Gasteiger partial charge >= 0.3 is 0 Å². The van der Waals surface area contributed by atoms with Gasteiger partial charge in [0.15, 0.2) is 5.75 Å². The molecule has 0 spiro atoms.